The highest BCUT2D eigenvalue weighted by Gasteiger charge is 2.21. The number of methoxy groups -OCH3 is 2. The van der Waals surface area contributed by atoms with Gasteiger partial charge in [-0.15, -0.1) is 0 Å². The van der Waals surface area contributed by atoms with Crippen LogP contribution in [-0.2, 0) is 11.3 Å². The van der Waals surface area contributed by atoms with Gasteiger partial charge in [0.2, 0.25) is 0 Å². The molecule has 0 radical (unpaired) electrons. The van der Waals surface area contributed by atoms with Gasteiger partial charge in [0.25, 0.3) is 0 Å². The van der Waals surface area contributed by atoms with E-state index in [1.807, 2.05) is 25.1 Å². The van der Waals surface area contributed by atoms with Gasteiger partial charge in [-0.25, -0.2) is 4.79 Å². The van der Waals surface area contributed by atoms with Crippen LogP contribution in [0.4, 0.5) is 4.79 Å². The third-order valence-corrected chi connectivity index (χ3v) is 4.23. The Kier molecular flexibility index (Phi) is 6.52. The highest BCUT2D eigenvalue weighted by molar-refractivity contribution is 5.74. The van der Waals surface area contributed by atoms with Crippen molar-refractivity contribution in [3.8, 4) is 11.5 Å². The standard InChI is InChI=1S/C17H26N2O4/c1-12(14-6-8-23-9-7-14)19-17(20)18-11-13-4-5-15(21-2)16(10-13)22-3/h4-5,10,12,14H,6-9,11H2,1-3H3,(H2,18,19,20)/t12-/m1/s1. The lowest BCUT2D eigenvalue weighted by Crippen LogP contribution is -2.45. The summed E-state index contributed by atoms with van der Waals surface area (Å²) in [6.45, 7) is 4.05. The molecule has 0 aliphatic carbocycles. The Morgan fingerprint density at radius 1 is 1.26 bits per heavy atom. The molecule has 1 atom stereocenters. The summed E-state index contributed by atoms with van der Waals surface area (Å²) in [5.41, 5.74) is 0.955. The molecule has 0 unspecified atom stereocenters. The van der Waals surface area contributed by atoms with Crippen molar-refractivity contribution in [2.45, 2.75) is 32.4 Å². The normalized spacial score (nSPS) is 16.5. The summed E-state index contributed by atoms with van der Waals surface area (Å²) in [6, 6.07) is 5.59. The average molecular weight is 322 g/mol. The molecule has 0 spiro atoms. The minimum absolute atomic E-state index is 0.143. The molecule has 0 saturated carbocycles. The number of benzene rings is 1. The number of urea groups is 1. The maximum absolute atomic E-state index is 12.0. The molecular weight excluding hydrogens is 296 g/mol. The summed E-state index contributed by atoms with van der Waals surface area (Å²) in [4.78, 5) is 12.0. The molecule has 1 aliphatic heterocycles. The largest absolute Gasteiger partial charge is 0.493 e. The Morgan fingerprint density at radius 3 is 2.61 bits per heavy atom. The van der Waals surface area contributed by atoms with Gasteiger partial charge >= 0.3 is 6.03 Å². The molecule has 1 saturated heterocycles. The number of amides is 2. The molecule has 6 heteroatoms. The molecule has 1 heterocycles. The summed E-state index contributed by atoms with van der Waals surface area (Å²) in [6.07, 6.45) is 1.99. The zero-order valence-electron chi connectivity index (χ0n) is 14.1. The lowest BCUT2D eigenvalue weighted by Gasteiger charge is -2.28. The molecule has 0 aromatic heterocycles. The first kappa shape index (κ1) is 17.4. The van der Waals surface area contributed by atoms with Gasteiger partial charge < -0.3 is 24.8 Å². The van der Waals surface area contributed by atoms with Crippen molar-refractivity contribution in [1.82, 2.24) is 10.6 Å². The smallest absolute Gasteiger partial charge is 0.315 e. The van der Waals surface area contributed by atoms with Crippen molar-refractivity contribution in [3.05, 3.63) is 23.8 Å². The average Bonchev–Trinajstić information content (AvgIpc) is 2.60. The lowest BCUT2D eigenvalue weighted by molar-refractivity contribution is 0.0571. The molecule has 1 aliphatic rings. The molecular formula is C17H26N2O4. The van der Waals surface area contributed by atoms with Crippen LogP contribution in [0.25, 0.3) is 0 Å². The topological polar surface area (TPSA) is 68.8 Å². The number of ether oxygens (including phenoxy) is 3. The predicted molar refractivity (Wildman–Crippen MR) is 87.9 cm³/mol. The van der Waals surface area contributed by atoms with Gasteiger partial charge in [-0.05, 0) is 43.4 Å². The van der Waals surface area contributed by atoms with E-state index in [-0.39, 0.29) is 12.1 Å². The maximum atomic E-state index is 12.0. The highest BCUT2D eigenvalue weighted by atomic mass is 16.5. The fraction of sp³-hybridized carbons (Fsp3) is 0.588. The first-order chi connectivity index (χ1) is 11.1. The molecule has 23 heavy (non-hydrogen) atoms. The molecule has 2 N–H and O–H groups in total. The van der Waals surface area contributed by atoms with Crippen molar-refractivity contribution in [3.63, 3.8) is 0 Å². The van der Waals surface area contributed by atoms with Crippen LogP contribution >= 0.6 is 0 Å². The van der Waals surface area contributed by atoms with Crippen LogP contribution in [0.3, 0.4) is 0 Å². The number of hydrogen-bond donors (Lipinski definition) is 2. The van der Waals surface area contributed by atoms with Crippen molar-refractivity contribution in [2.75, 3.05) is 27.4 Å². The van der Waals surface area contributed by atoms with Gasteiger partial charge in [-0.3, -0.25) is 0 Å². The van der Waals surface area contributed by atoms with E-state index >= 15 is 0 Å². The van der Waals surface area contributed by atoms with E-state index in [1.54, 1.807) is 14.2 Å². The van der Waals surface area contributed by atoms with E-state index in [4.69, 9.17) is 14.2 Å². The van der Waals surface area contributed by atoms with Crippen LogP contribution in [0.15, 0.2) is 18.2 Å². The predicted octanol–water partition coefficient (Wildman–Crippen LogP) is 2.32. The first-order valence-electron chi connectivity index (χ1n) is 7.97. The van der Waals surface area contributed by atoms with E-state index in [9.17, 15) is 4.79 Å². The number of carbonyl (C=O) groups excluding carboxylic acids is 1. The number of hydrogen-bond acceptors (Lipinski definition) is 4. The second-order valence-electron chi connectivity index (χ2n) is 5.75. The van der Waals surface area contributed by atoms with Gasteiger partial charge in [-0.2, -0.15) is 0 Å². The minimum atomic E-state index is -0.154. The molecule has 1 fully saturated rings. The maximum Gasteiger partial charge on any atom is 0.315 e. The van der Waals surface area contributed by atoms with Crippen LogP contribution in [0.2, 0.25) is 0 Å². The van der Waals surface area contributed by atoms with Gasteiger partial charge in [0.15, 0.2) is 11.5 Å². The summed E-state index contributed by atoms with van der Waals surface area (Å²) in [7, 11) is 3.19. The minimum Gasteiger partial charge on any atom is -0.493 e. The number of nitrogens with one attached hydrogen (secondary N) is 2. The van der Waals surface area contributed by atoms with E-state index in [0.29, 0.717) is 24.0 Å². The third-order valence-electron chi connectivity index (χ3n) is 4.23. The van der Waals surface area contributed by atoms with Crippen LogP contribution in [0.1, 0.15) is 25.3 Å². The Morgan fingerprint density at radius 2 is 1.96 bits per heavy atom. The molecule has 0 bridgehead atoms. The van der Waals surface area contributed by atoms with E-state index in [0.717, 1.165) is 31.6 Å². The molecule has 6 nitrogen and oxygen atoms in total. The summed E-state index contributed by atoms with van der Waals surface area (Å²) in [5, 5.41) is 5.89. The van der Waals surface area contributed by atoms with E-state index < -0.39 is 0 Å². The zero-order valence-corrected chi connectivity index (χ0v) is 14.1. The van der Waals surface area contributed by atoms with E-state index in [1.165, 1.54) is 0 Å². The number of carbonyl (C=O) groups is 1. The molecule has 1 aromatic carbocycles. The Labute approximate surface area is 137 Å². The SMILES string of the molecule is COc1ccc(CNC(=O)N[C@H](C)C2CCOCC2)cc1OC. The first-order valence-corrected chi connectivity index (χ1v) is 7.97. The fourth-order valence-electron chi connectivity index (χ4n) is 2.76. The Bertz CT molecular complexity index is 515. The van der Waals surface area contributed by atoms with Crippen LogP contribution in [-0.4, -0.2) is 39.5 Å². The summed E-state index contributed by atoms with van der Waals surface area (Å²) in [5.74, 6) is 1.81. The van der Waals surface area contributed by atoms with Crippen LogP contribution in [0.5, 0.6) is 11.5 Å². The highest BCUT2D eigenvalue weighted by Crippen LogP contribution is 2.27. The van der Waals surface area contributed by atoms with Crippen molar-refractivity contribution >= 4 is 6.03 Å². The molecule has 2 rings (SSSR count). The van der Waals surface area contributed by atoms with Gasteiger partial charge in [0.1, 0.15) is 0 Å². The van der Waals surface area contributed by atoms with Crippen LogP contribution < -0.4 is 20.1 Å². The second kappa shape index (κ2) is 8.62. The zero-order chi connectivity index (χ0) is 16.7. The number of rotatable bonds is 6. The monoisotopic (exact) mass is 322 g/mol. The quantitative estimate of drug-likeness (QED) is 0.843. The van der Waals surface area contributed by atoms with Crippen molar-refractivity contribution < 1.29 is 19.0 Å². The summed E-state index contributed by atoms with van der Waals surface area (Å²) >= 11 is 0. The fourth-order valence-corrected chi connectivity index (χ4v) is 2.76. The molecule has 2 amide bonds. The van der Waals surface area contributed by atoms with Gasteiger partial charge in [-0.1, -0.05) is 6.07 Å². The van der Waals surface area contributed by atoms with Crippen molar-refractivity contribution in [1.29, 1.82) is 0 Å². The van der Waals surface area contributed by atoms with Crippen LogP contribution in [0, 0.1) is 5.92 Å². The lowest BCUT2D eigenvalue weighted by atomic mass is 9.93. The Hall–Kier alpha value is -1.95. The Balaban J connectivity index is 1.81. The molecule has 128 valence electrons. The third kappa shape index (κ3) is 5.03. The van der Waals surface area contributed by atoms with Gasteiger partial charge in [0, 0.05) is 25.8 Å². The van der Waals surface area contributed by atoms with Crippen molar-refractivity contribution in [2.24, 2.45) is 5.92 Å². The second-order valence-corrected chi connectivity index (χ2v) is 5.75. The van der Waals surface area contributed by atoms with E-state index in [2.05, 4.69) is 10.6 Å². The van der Waals surface area contributed by atoms with Gasteiger partial charge in [0.05, 0.1) is 14.2 Å². The summed E-state index contributed by atoms with van der Waals surface area (Å²) < 4.78 is 15.8. The molecule has 1 aromatic rings.